The van der Waals surface area contributed by atoms with Crippen LogP contribution in [-0.4, -0.2) is 107 Å². The highest BCUT2D eigenvalue weighted by Gasteiger charge is 2.48. The Hall–Kier alpha value is -1.72. The molecule has 0 aromatic carbocycles. The number of amides is 1. The van der Waals surface area contributed by atoms with Crippen LogP contribution in [0.5, 0.6) is 0 Å². The van der Waals surface area contributed by atoms with Gasteiger partial charge in [-0.3, -0.25) is 9.35 Å². The molecule has 1 heterocycles. The molecule has 1 aliphatic heterocycles. The van der Waals surface area contributed by atoms with Crippen molar-refractivity contribution in [2.75, 3.05) is 13.2 Å². The van der Waals surface area contributed by atoms with Crippen LogP contribution < -0.4 is 5.32 Å². The molecule has 0 bridgehead atoms. The quantitative estimate of drug-likeness (QED) is 0.0174. The van der Waals surface area contributed by atoms with Gasteiger partial charge in [0.1, 0.15) is 30.5 Å². The van der Waals surface area contributed by atoms with E-state index in [0.29, 0.717) is 12.8 Å². The average molecular weight is 918 g/mol. The van der Waals surface area contributed by atoms with Gasteiger partial charge in [-0.15, -0.1) is 0 Å². The standard InChI is InChI=1S/C49H91NO12S/c1-3-5-7-9-11-13-15-17-18-19-20-21-22-23-24-25-26-28-30-32-34-36-38-43(53)48(56)50-41(42(52)37-35-33-31-29-27-16-14-12-10-8-6-4-2)40-60-49-46(55)47(62-63(57,58)59)45(54)44(39-51)61-49/h20-21,23-24,35,37,41-47,49,51-55H,3-19,22,25-34,36,38-40H2,1-2H3,(H,50,56)(H,57,58,59)/b21-20-,24-23-,37-35+. The molecule has 0 spiro atoms. The lowest BCUT2D eigenvalue weighted by molar-refractivity contribution is -0.298. The number of carbonyl (C=O) groups excluding carboxylic acids is 1. The minimum absolute atomic E-state index is 0.231. The fourth-order valence-corrected chi connectivity index (χ4v) is 8.29. The maximum atomic E-state index is 13.1. The third kappa shape index (κ3) is 31.8. The number of aliphatic hydroxyl groups excluding tert-OH is 5. The van der Waals surface area contributed by atoms with Gasteiger partial charge in [0, 0.05) is 0 Å². The second kappa shape index (κ2) is 39.4. The fourth-order valence-electron chi connectivity index (χ4n) is 7.78. The predicted molar refractivity (Wildman–Crippen MR) is 251 cm³/mol. The Kier molecular flexibility index (Phi) is 37.1. The van der Waals surface area contributed by atoms with Crippen LogP contribution in [-0.2, 0) is 28.9 Å². The molecule has 8 atom stereocenters. The van der Waals surface area contributed by atoms with Crippen LogP contribution in [0.25, 0.3) is 0 Å². The summed E-state index contributed by atoms with van der Waals surface area (Å²) in [6.45, 7) is 3.20. The molecular formula is C49H91NO12S. The molecule has 1 saturated heterocycles. The van der Waals surface area contributed by atoms with E-state index in [9.17, 15) is 43.3 Å². The molecule has 370 valence electrons. The Labute approximate surface area is 382 Å². The van der Waals surface area contributed by atoms with Crippen molar-refractivity contribution in [2.45, 2.75) is 255 Å². The first kappa shape index (κ1) is 59.3. The molecule has 0 saturated carbocycles. The third-order valence-corrected chi connectivity index (χ3v) is 12.2. The zero-order valence-electron chi connectivity index (χ0n) is 39.3. The van der Waals surface area contributed by atoms with Gasteiger partial charge in [-0.05, 0) is 51.4 Å². The average Bonchev–Trinajstić information content (AvgIpc) is 3.25. The van der Waals surface area contributed by atoms with Gasteiger partial charge >= 0.3 is 10.4 Å². The smallest absolute Gasteiger partial charge is 0.394 e. The van der Waals surface area contributed by atoms with Crippen LogP contribution in [0.3, 0.4) is 0 Å². The maximum absolute atomic E-state index is 13.1. The summed E-state index contributed by atoms with van der Waals surface area (Å²) >= 11 is 0. The minimum Gasteiger partial charge on any atom is -0.394 e. The third-order valence-electron chi connectivity index (χ3n) is 11.8. The van der Waals surface area contributed by atoms with Crippen molar-refractivity contribution in [2.24, 2.45) is 0 Å². The summed E-state index contributed by atoms with van der Waals surface area (Å²) in [7, 11) is -5.12. The SMILES string of the molecule is CCCCCCCCCCC/C=C\C/C=C\CCCCCCCCC(O)C(=O)NC(COC1OC(CO)C(O)C(OS(=O)(=O)O)C1O)C(O)/C=C/CCCCCCCCCCCC. The van der Waals surface area contributed by atoms with E-state index in [-0.39, 0.29) is 6.42 Å². The second-order valence-corrected chi connectivity index (χ2v) is 18.6. The van der Waals surface area contributed by atoms with Crippen molar-refractivity contribution in [1.29, 1.82) is 0 Å². The van der Waals surface area contributed by atoms with E-state index < -0.39 is 78.5 Å². The van der Waals surface area contributed by atoms with E-state index in [1.807, 2.05) is 6.08 Å². The molecule has 0 aliphatic carbocycles. The molecular weight excluding hydrogens is 827 g/mol. The maximum Gasteiger partial charge on any atom is 0.397 e. The van der Waals surface area contributed by atoms with E-state index in [1.54, 1.807) is 0 Å². The van der Waals surface area contributed by atoms with Gasteiger partial charge in [-0.2, -0.15) is 8.42 Å². The van der Waals surface area contributed by atoms with E-state index in [2.05, 4.69) is 47.7 Å². The molecule has 14 heteroatoms. The first-order valence-electron chi connectivity index (χ1n) is 25.0. The van der Waals surface area contributed by atoms with Gasteiger partial charge in [-0.1, -0.05) is 192 Å². The van der Waals surface area contributed by atoms with Crippen LogP contribution in [0.4, 0.5) is 0 Å². The van der Waals surface area contributed by atoms with Crippen molar-refractivity contribution >= 4 is 16.3 Å². The molecule has 1 amide bonds. The number of hydrogen-bond acceptors (Lipinski definition) is 11. The van der Waals surface area contributed by atoms with Crippen LogP contribution in [0.1, 0.15) is 206 Å². The number of rotatable bonds is 42. The highest BCUT2D eigenvalue weighted by molar-refractivity contribution is 7.80. The summed E-state index contributed by atoms with van der Waals surface area (Å²) in [5, 5.41) is 55.2. The number of hydrogen-bond donors (Lipinski definition) is 7. The minimum atomic E-state index is -5.12. The molecule has 7 N–H and O–H groups in total. The Morgan fingerprint density at radius 3 is 1.56 bits per heavy atom. The van der Waals surface area contributed by atoms with Gasteiger partial charge in [0.15, 0.2) is 6.29 Å². The van der Waals surface area contributed by atoms with Gasteiger partial charge in [-0.25, -0.2) is 4.18 Å². The van der Waals surface area contributed by atoms with Crippen molar-refractivity contribution in [3.05, 3.63) is 36.5 Å². The summed E-state index contributed by atoms with van der Waals surface area (Å²) in [5.41, 5.74) is 0. The summed E-state index contributed by atoms with van der Waals surface area (Å²) in [4.78, 5) is 13.1. The predicted octanol–water partition coefficient (Wildman–Crippen LogP) is 9.25. The molecule has 0 aromatic heterocycles. The van der Waals surface area contributed by atoms with E-state index >= 15 is 0 Å². The summed E-state index contributed by atoms with van der Waals surface area (Å²) in [6, 6.07) is -1.12. The largest absolute Gasteiger partial charge is 0.397 e. The van der Waals surface area contributed by atoms with Crippen molar-refractivity contribution in [3.63, 3.8) is 0 Å². The highest BCUT2D eigenvalue weighted by Crippen LogP contribution is 2.26. The number of nitrogens with one attached hydrogen (secondary N) is 1. The molecule has 0 radical (unpaired) electrons. The Morgan fingerprint density at radius 2 is 1.10 bits per heavy atom. The molecule has 1 rings (SSSR count). The molecule has 0 aromatic rings. The van der Waals surface area contributed by atoms with Crippen LogP contribution in [0.2, 0.25) is 0 Å². The van der Waals surface area contributed by atoms with Crippen LogP contribution >= 0.6 is 0 Å². The Balaban J connectivity index is 2.49. The van der Waals surface area contributed by atoms with Gasteiger partial charge in [0.05, 0.1) is 25.4 Å². The van der Waals surface area contributed by atoms with E-state index in [1.165, 1.54) is 115 Å². The summed E-state index contributed by atoms with van der Waals surface area (Å²) in [6.07, 6.45) is 35.1. The topological polar surface area (TPSA) is 212 Å². The fraction of sp³-hybridized carbons (Fsp3) is 0.857. The Morgan fingerprint density at radius 1 is 0.651 bits per heavy atom. The lowest BCUT2D eigenvalue weighted by atomic mass is 9.99. The molecule has 63 heavy (non-hydrogen) atoms. The normalized spacial score (nSPS) is 21.2. The number of aliphatic hydroxyl groups is 5. The lowest BCUT2D eigenvalue weighted by Crippen LogP contribution is -2.61. The van der Waals surface area contributed by atoms with Crippen molar-refractivity contribution in [3.8, 4) is 0 Å². The first-order chi connectivity index (χ1) is 30.4. The second-order valence-electron chi connectivity index (χ2n) is 17.5. The molecule has 1 fully saturated rings. The zero-order chi connectivity index (χ0) is 46.4. The van der Waals surface area contributed by atoms with Crippen LogP contribution in [0, 0.1) is 0 Å². The highest BCUT2D eigenvalue weighted by atomic mass is 32.3. The van der Waals surface area contributed by atoms with Gasteiger partial charge in [0.25, 0.3) is 0 Å². The number of carbonyl (C=O) groups is 1. The zero-order valence-corrected chi connectivity index (χ0v) is 40.1. The lowest BCUT2D eigenvalue weighted by Gasteiger charge is -2.41. The summed E-state index contributed by atoms with van der Waals surface area (Å²) in [5.74, 6) is -0.711. The van der Waals surface area contributed by atoms with Crippen molar-refractivity contribution in [1.82, 2.24) is 5.32 Å². The number of unbranched alkanes of at least 4 members (excludes halogenated alkanes) is 25. The van der Waals surface area contributed by atoms with Crippen molar-refractivity contribution < 1.29 is 57.0 Å². The molecule has 1 aliphatic rings. The number of allylic oxidation sites excluding steroid dienone is 5. The summed E-state index contributed by atoms with van der Waals surface area (Å²) < 4.78 is 47.5. The monoisotopic (exact) mass is 918 g/mol. The number of ether oxygens (including phenoxy) is 2. The van der Waals surface area contributed by atoms with E-state index in [4.69, 9.17) is 9.47 Å². The first-order valence-corrected chi connectivity index (χ1v) is 26.3. The van der Waals surface area contributed by atoms with E-state index in [0.717, 1.165) is 64.2 Å². The van der Waals surface area contributed by atoms with Crippen LogP contribution in [0.15, 0.2) is 36.5 Å². The van der Waals surface area contributed by atoms with Gasteiger partial charge in [0.2, 0.25) is 5.91 Å². The van der Waals surface area contributed by atoms with Gasteiger partial charge < -0.3 is 40.3 Å². The molecule has 13 nitrogen and oxygen atoms in total. The molecule has 8 unspecified atom stereocenters. The Bertz CT molecular complexity index is 1280.